The average molecular weight is 383 g/mol. The van der Waals surface area contributed by atoms with E-state index in [0.717, 1.165) is 57.8 Å². The summed E-state index contributed by atoms with van der Waals surface area (Å²) in [6.45, 7) is 7.42. The van der Waals surface area contributed by atoms with Gasteiger partial charge in [0.25, 0.3) is 5.56 Å². The molecule has 3 heterocycles. The molecule has 4 rings (SSSR count). The lowest BCUT2D eigenvalue weighted by molar-refractivity contribution is 0.148. The third-order valence-electron chi connectivity index (χ3n) is 5.90. The summed E-state index contributed by atoms with van der Waals surface area (Å²) in [6.07, 6.45) is 1.50. The maximum Gasteiger partial charge on any atom is 0.328 e. The predicted molar refractivity (Wildman–Crippen MR) is 110 cm³/mol. The Kier molecular flexibility index (Phi) is 5.75. The largest absolute Gasteiger partial charge is 0.328 e. The van der Waals surface area contributed by atoms with Crippen molar-refractivity contribution >= 4 is 0 Å². The summed E-state index contributed by atoms with van der Waals surface area (Å²) in [7, 11) is 2.17. The second kappa shape index (κ2) is 8.43. The van der Waals surface area contributed by atoms with Crippen molar-refractivity contribution in [1.29, 1.82) is 0 Å². The first-order valence-corrected chi connectivity index (χ1v) is 10.1. The van der Waals surface area contributed by atoms with Crippen LogP contribution in [0.5, 0.6) is 0 Å². The molecule has 2 aliphatic heterocycles. The second-order valence-corrected chi connectivity index (χ2v) is 7.91. The third kappa shape index (κ3) is 4.27. The Bertz CT molecular complexity index is 923. The minimum absolute atomic E-state index is 0.253. The standard InChI is InChI=1S/C21H29N5O2/c1-24-10-12-25(13-11-24)15-17-4-2-16(3-5-17)7-9-26-19-6-8-22-14-18(19)20(27)23-21(26)28/h2-5,22H,6-15H2,1H3,(H,23,27,28). The predicted octanol–water partition coefficient (Wildman–Crippen LogP) is 0.172. The molecule has 0 spiro atoms. The van der Waals surface area contributed by atoms with Crippen LogP contribution in [0.4, 0.5) is 0 Å². The first-order valence-electron chi connectivity index (χ1n) is 10.1. The molecule has 28 heavy (non-hydrogen) atoms. The van der Waals surface area contributed by atoms with Gasteiger partial charge >= 0.3 is 5.69 Å². The van der Waals surface area contributed by atoms with Crippen LogP contribution in [0.3, 0.4) is 0 Å². The molecule has 1 aromatic carbocycles. The van der Waals surface area contributed by atoms with Gasteiger partial charge in [-0.25, -0.2) is 4.79 Å². The van der Waals surface area contributed by atoms with Gasteiger partial charge in [-0.05, 0) is 24.6 Å². The smallest absolute Gasteiger partial charge is 0.312 e. The summed E-state index contributed by atoms with van der Waals surface area (Å²) in [5.74, 6) is 0. The number of nitrogens with one attached hydrogen (secondary N) is 2. The number of fused-ring (bicyclic) bond motifs is 1. The number of piperazine rings is 1. The topological polar surface area (TPSA) is 73.4 Å². The van der Waals surface area contributed by atoms with Gasteiger partial charge in [-0.2, -0.15) is 0 Å². The molecule has 1 fully saturated rings. The number of hydrogen-bond acceptors (Lipinski definition) is 5. The van der Waals surface area contributed by atoms with Crippen molar-refractivity contribution in [3.8, 4) is 0 Å². The number of rotatable bonds is 5. The zero-order valence-electron chi connectivity index (χ0n) is 16.5. The maximum absolute atomic E-state index is 12.3. The molecular weight excluding hydrogens is 354 g/mol. The molecule has 1 saturated heterocycles. The number of hydrogen-bond donors (Lipinski definition) is 2. The number of aromatic nitrogens is 2. The van der Waals surface area contributed by atoms with Crippen LogP contribution in [0, 0.1) is 0 Å². The van der Waals surface area contributed by atoms with E-state index < -0.39 is 0 Å². The van der Waals surface area contributed by atoms with Gasteiger partial charge in [-0.1, -0.05) is 24.3 Å². The lowest BCUT2D eigenvalue weighted by Gasteiger charge is -2.32. The molecule has 7 nitrogen and oxygen atoms in total. The van der Waals surface area contributed by atoms with E-state index in [0.29, 0.717) is 18.7 Å². The van der Waals surface area contributed by atoms with Gasteiger partial charge in [0, 0.05) is 64.5 Å². The zero-order valence-corrected chi connectivity index (χ0v) is 16.5. The molecule has 0 atom stereocenters. The van der Waals surface area contributed by atoms with Crippen LogP contribution in [0.1, 0.15) is 22.4 Å². The normalized spacial score (nSPS) is 18.2. The van der Waals surface area contributed by atoms with Crippen molar-refractivity contribution in [1.82, 2.24) is 24.7 Å². The fourth-order valence-corrected chi connectivity index (χ4v) is 4.10. The van der Waals surface area contributed by atoms with Gasteiger partial charge in [0.2, 0.25) is 0 Å². The Morgan fingerprint density at radius 3 is 2.46 bits per heavy atom. The van der Waals surface area contributed by atoms with E-state index in [-0.39, 0.29) is 11.2 Å². The van der Waals surface area contributed by atoms with Crippen molar-refractivity contribution in [3.05, 3.63) is 67.5 Å². The first kappa shape index (κ1) is 19.1. The monoisotopic (exact) mass is 383 g/mol. The number of aryl methyl sites for hydroxylation is 1. The van der Waals surface area contributed by atoms with Gasteiger partial charge in [-0.15, -0.1) is 0 Å². The van der Waals surface area contributed by atoms with Crippen LogP contribution in [0.25, 0.3) is 0 Å². The van der Waals surface area contributed by atoms with Crippen molar-refractivity contribution in [2.75, 3.05) is 39.8 Å². The van der Waals surface area contributed by atoms with Crippen molar-refractivity contribution < 1.29 is 0 Å². The molecule has 2 N–H and O–H groups in total. The highest BCUT2D eigenvalue weighted by Crippen LogP contribution is 2.12. The van der Waals surface area contributed by atoms with E-state index in [4.69, 9.17) is 0 Å². The van der Waals surface area contributed by atoms with E-state index in [1.165, 1.54) is 11.1 Å². The molecule has 0 radical (unpaired) electrons. The van der Waals surface area contributed by atoms with Gasteiger partial charge < -0.3 is 10.2 Å². The SMILES string of the molecule is CN1CCN(Cc2ccc(CCn3c4c(c(=O)[nH]c3=O)CNCC4)cc2)CC1. The summed E-state index contributed by atoms with van der Waals surface area (Å²) in [6, 6.07) is 8.72. The third-order valence-corrected chi connectivity index (χ3v) is 5.90. The number of benzene rings is 1. The van der Waals surface area contributed by atoms with Crippen LogP contribution < -0.4 is 16.6 Å². The highest BCUT2D eigenvalue weighted by molar-refractivity contribution is 5.24. The first-order chi connectivity index (χ1) is 13.6. The fraction of sp³-hybridized carbons (Fsp3) is 0.524. The zero-order chi connectivity index (χ0) is 19.5. The Hall–Kier alpha value is -2.22. The number of likely N-dealkylation sites (N-methyl/N-ethyl adjacent to an activating group) is 1. The Morgan fingerprint density at radius 1 is 1.00 bits per heavy atom. The van der Waals surface area contributed by atoms with Gasteiger partial charge in [-0.3, -0.25) is 19.2 Å². The molecule has 7 heteroatoms. The second-order valence-electron chi connectivity index (χ2n) is 7.91. The number of nitrogens with zero attached hydrogens (tertiary/aromatic N) is 3. The Morgan fingerprint density at radius 2 is 1.71 bits per heavy atom. The van der Waals surface area contributed by atoms with E-state index in [9.17, 15) is 9.59 Å². The van der Waals surface area contributed by atoms with Crippen LogP contribution >= 0.6 is 0 Å². The van der Waals surface area contributed by atoms with Crippen LogP contribution in [0.15, 0.2) is 33.9 Å². The molecule has 0 aliphatic carbocycles. The highest BCUT2D eigenvalue weighted by atomic mass is 16.2. The molecule has 1 aromatic heterocycles. The van der Waals surface area contributed by atoms with E-state index >= 15 is 0 Å². The van der Waals surface area contributed by atoms with Gasteiger partial charge in [0.05, 0.1) is 5.56 Å². The molecule has 150 valence electrons. The molecular formula is C21H29N5O2. The fourth-order valence-electron chi connectivity index (χ4n) is 4.10. The molecule has 0 amide bonds. The summed E-state index contributed by atoms with van der Waals surface area (Å²) >= 11 is 0. The lowest BCUT2D eigenvalue weighted by atomic mass is 10.1. The minimum atomic E-state index is -0.294. The number of H-pyrrole nitrogens is 1. The van der Waals surface area contributed by atoms with Crippen molar-refractivity contribution in [2.24, 2.45) is 0 Å². The maximum atomic E-state index is 12.3. The highest BCUT2D eigenvalue weighted by Gasteiger charge is 2.18. The number of aromatic amines is 1. The molecule has 0 unspecified atom stereocenters. The van der Waals surface area contributed by atoms with Crippen LogP contribution in [-0.4, -0.2) is 59.1 Å². The van der Waals surface area contributed by atoms with Gasteiger partial charge in [0.1, 0.15) is 0 Å². The molecule has 2 aromatic rings. The van der Waals surface area contributed by atoms with Crippen molar-refractivity contribution in [3.63, 3.8) is 0 Å². The van der Waals surface area contributed by atoms with Gasteiger partial charge in [0.15, 0.2) is 0 Å². The molecule has 0 saturated carbocycles. The summed E-state index contributed by atoms with van der Waals surface area (Å²) in [5, 5.41) is 3.20. The summed E-state index contributed by atoms with van der Waals surface area (Å²) in [4.78, 5) is 31.7. The van der Waals surface area contributed by atoms with Crippen LogP contribution in [-0.2, 0) is 32.5 Å². The molecule has 0 bridgehead atoms. The average Bonchev–Trinajstić information content (AvgIpc) is 2.71. The Balaban J connectivity index is 1.41. The molecule has 2 aliphatic rings. The van der Waals surface area contributed by atoms with Crippen LogP contribution in [0.2, 0.25) is 0 Å². The minimum Gasteiger partial charge on any atom is -0.312 e. The summed E-state index contributed by atoms with van der Waals surface area (Å²) in [5.41, 5.74) is 3.59. The van der Waals surface area contributed by atoms with E-state index in [1.54, 1.807) is 4.57 Å². The van der Waals surface area contributed by atoms with E-state index in [2.05, 4.69) is 51.4 Å². The Labute approximate surface area is 165 Å². The quantitative estimate of drug-likeness (QED) is 0.770. The van der Waals surface area contributed by atoms with Crippen molar-refractivity contribution in [2.45, 2.75) is 32.5 Å². The summed E-state index contributed by atoms with van der Waals surface area (Å²) < 4.78 is 1.75. The lowest BCUT2D eigenvalue weighted by Crippen LogP contribution is -2.43. The van der Waals surface area contributed by atoms with E-state index in [1.807, 2.05) is 0 Å².